The van der Waals surface area contributed by atoms with E-state index in [9.17, 15) is 0 Å². The molecule has 0 saturated heterocycles. The van der Waals surface area contributed by atoms with E-state index in [0.29, 0.717) is 0 Å². The highest BCUT2D eigenvalue weighted by Gasteiger charge is 2.16. The van der Waals surface area contributed by atoms with Crippen LogP contribution in [0.5, 0.6) is 0 Å². The Balaban J connectivity index is 2.29. The van der Waals surface area contributed by atoms with E-state index in [4.69, 9.17) is 0 Å². The summed E-state index contributed by atoms with van der Waals surface area (Å²) in [6, 6.07) is 6.77. The maximum absolute atomic E-state index is 4.33. The Morgan fingerprint density at radius 3 is 2.74 bits per heavy atom. The minimum absolute atomic E-state index is 0.285. The fraction of sp³-hybridized carbons (Fsp3) is 0.467. The molecule has 2 rings (SSSR count). The van der Waals surface area contributed by atoms with Gasteiger partial charge < -0.3 is 5.32 Å². The molecule has 102 valence electrons. The van der Waals surface area contributed by atoms with Gasteiger partial charge in [0.15, 0.2) is 0 Å². The Kier molecular flexibility index (Phi) is 4.32. The van der Waals surface area contributed by atoms with Crippen molar-refractivity contribution in [2.24, 2.45) is 7.05 Å². The average Bonchev–Trinajstić information content (AvgIpc) is 2.78. The van der Waals surface area contributed by atoms with E-state index < -0.39 is 0 Å². The minimum Gasteiger partial charge on any atom is -0.310 e. The summed E-state index contributed by atoms with van der Waals surface area (Å²) in [5.74, 6) is 1.01. The number of aryl methyl sites for hydroxylation is 2. The van der Waals surface area contributed by atoms with Crippen LogP contribution in [0.1, 0.15) is 35.5 Å². The summed E-state index contributed by atoms with van der Waals surface area (Å²) in [5, 5.41) is 7.69. The van der Waals surface area contributed by atoms with Crippen molar-refractivity contribution in [3.8, 4) is 0 Å². The lowest BCUT2D eigenvalue weighted by Crippen LogP contribution is -2.25. The topological polar surface area (TPSA) is 42.7 Å². The van der Waals surface area contributed by atoms with Crippen molar-refractivity contribution >= 4 is 0 Å². The maximum Gasteiger partial charge on any atom is 0.138 e. The third-order valence-corrected chi connectivity index (χ3v) is 3.66. The van der Waals surface area contributed by atoms with Gasteiger partial charge in [0.25, 0.3) is 0 Å². The van der Waals surface area contributed by atoms with Crippen LogP contribution in [-0.2, 0) is 13.5 Å². The molecule has 1 atom stereocenters. The summed E-state index contributed by atoms with van der Waals surface area (Å²) < 4.78 is 1.84. The zero-order chi connectivity index (χ0) is 13.8. The quantitative estimate of drug-likeness (QED) is 0.895. The van der Waals surface area contributed by atoms with Crippen LogP contribution in [0, 0.1) is 13.8 Å². The van der Waals surface area contributed by atoms with Crippen molar-refractivity contribution in [3.63, 3.8) is 0 Å². The van der Waals surface area contributed by atoms with Gasteiger partial charge >= 0.3 is 0 Å². The summed E-state index contributed by atoms with van der Waals surface area (Å²) in [7, 11) is 1.94. The number of rotatable bonds is 5. The van der Waals surface area contributed by atoms with E-state index in [1.807, 2.05) is 11.7 Å². The zero-order valence-electron chi connectivity index (χ0n) is 12.1. The number of benzene rings is 1. The van der Waals surface area contributed by atoms with Crippen molar-refractivity contribution in [2.75, 3.05) is 6.54 Å². The van der Waals surface area contributed by atoms with Crippen molar-refractivity contribution < 1.29 is 0 Å². The Morgan fingerprint density at radius 2 is 2.11 bits per heavy atom. The second kappa shape index (κ2) is 5.97. The molecular weight excluding hydrogens is 236 g/mol. The number of nitrogens with zero attached hydrogens (tertiary/aromatic N) is 3. The Morgan fingerprint density at radius 1 is 1.32 bits per heavy atom. The van der Waals surface area contributed by atoms with Crippen molar-refractivity contribution in [1.82, 2.24) is 20.1 Å². The van der Waals surface area contributed by atoms with Crippen LogP contribution < -0.4 is 5.32 Å². The molecule has 1 heterocycles. The highest BCUT2D eigenvalue weighted by Crippen LogP contribution is 2.23. The molecule has 19 heavy (non-hydrogen) atoms. The molecule has 0 aliphatic carbocycles. The maximum atomic E-state index is 4.33. The van der Waals surface area contributed by atoms with Gasteiger partial charge in [0.2, 0.25) is 0 Å². The molecule has 0 aliphatic heterocycles. The third kappa shape index (κ3) is 3.01. The first-order valence-corrected chi connectivity index (χ1v) is 6.75. The van der Waals surface area contributed by atoms with Gasteiger partial charge in [-0.3, -0.25) is 4.68 Å². The Hall–Kier alpha value is -1.68. The van der Waals surface area contributed by atoms with Crippen LogP contribution in [-0.4, -0.2) is 21.3 Å². The molecule has 4 nitrogen and oxygen atoms in total. The van der Waals surface area contributed by atoms with Crippen molar-refractivity contribution in [3.05, 3.63) is 47.0 Å². The van der Waals surface area contributed by atoms with Crippen LogP contribution in [0.15, 0.2) is 24.5 Å². The van der Waals surface area contributed by atoms with Gasteiger partial charge in [-0.25, -0.2) is 4.98 Å². The lowest BCUT2D eigenvalue weighted by molar-refractivity contribution is 0.520. The van der Waals surface area contributed by atoms with Crippen molar-refractivity contribution in [1.29, 1.82) is 0 Å². The SMILES string of the molecule is CCNC(Cc1ncnn1C)c1cccc(C)c1C. The van der Waals surface area contributed by atoms with E-state index in [2.05, 4.69) is 54.4 Å². The lowest BCUT2D eigenvalue weighted by atomic mass is 9.95. The van der Waals surface area contributed by atoms with E-state index in [0.717, 1.165) is 18.8 Å². The highest BCUT2D eigenvalue weighted by molar-refractivity contribution is 5.35. The fourth-order valence-corrected chi connectivity index (χ4v) is 2.38. The van der Waals surface area contributed by atoms with Crippen LogP contribution in [0.25, 0.3) is 0 Å². The minimum atomic E-state index is 0.285. The van der Waals surface area contributed by atoms with E-state index in [1.54, 1.807) is 6.33 Å². The predicted molar refractivity (Wildman–Crippen MR) is 77.0 cm³/mol. The standard InChI is InChI=1S/C15H22N4/c1-5-16-14(9-15-17-10-18-19(15)4)13-8-6-7-11(2)12(13)3/h6-8,10,14,16H,5,9H2,1-4H3. The van der Waals surface area contributed by atoms with Gasteiger partial charge in [0.05, 0.1) is 0 Å². The molecule has 0 aliphatic rings. The van der Waals surface area contributed by atoms with Gasteiger partial charge in [0.1, 0.15) is 12.2 Å². The second-order valence-electron chi connectivity index (χ2n) is 4.90. The molecule has 0 bridgehead atoms. The van der Waals surface area contributed by atoms with E-state index in [-0.39, 0.29) is 6.04 Å². The smallest absolute Gasteiger partial charge is 0.138 e. The first-order valence-electron chi connectivity index (χ1n) is 6.75. The van der Waals surface area contributed by atoms with Gasteiger partial charge in [-0.05, 0) is 37.1 Å². The van der Waals surface area contributed by atoms with Gasteiger partial charge in [-0.1, -0.05) is 25.1 Å². The molecule has 0 spiro atoms. The molecule has 1 aromatic carbocycles. The van der Waals surface area contributed by atoms with E-state index >= 15 is 0 Å². The Bertz CT molecular complexity index is 545. The summed E-state index contributed by atoms with van der Waals surface area (Å²) in [6.07, 6.45) is 2.47. The zero-order valence-corrected chi connectivity index (χ0v) is 12.1. The molecular formula is C15H22N4. The van der Waals surface area contributed by atoms with Crippen LogP contribution >= 0.6 is 0 Å². The first kappa shape index (κ1) is 13.7. The summed E-state index contributed by atoms with van der Waals surface area (Å²) in [5.41, 5.74) is 4.04. The Labute approximate surface area is 114 Å². The van der Waals surface area contributed by atoms with Gasteiger partial charge in [-0.15, -0.1) is 0 Å². The van der Waals surface area contributed by atoms with Crippen molar-refractivity contribution in [2.45, 2.75) is 33.2 Å². The number of likely N-dealkylation sites (N-methyl/N-ethyl adjacent to an activating group) is 1. The predicted octanol–water partition coefficient (Wildman–Crippen LogP) is 2.33. The number of hydrogen-bond donors (Lipinski definition) is 1. The van der Waals surface area contributed by atoms with E-state index in [1.165, 1.54) is 16.7 Å². The first-order chi connectivity index (χ1) is 9.13. The summed E-state index contributed by atoms with van der Waals surface area (Å²) >= 11 is 0. The molecule has 1 aromatic heterocycles. The third-order valence-electron chi connectivity index (χ3n) is 3.66. The number of hydrogen-bond acceptors (Lipinski definition) is 3. The second-order valence-corrected chi connectivity index (χ2v) is 4.90. The number of nitrogens with one attached hydrogen (secondary N) is 1. The van der Waals surface area contributed by atoms with Crippen LogP contribution in [0.4, 0.5) is 0 Å². The average molecular weight is 258 g/mol. The molecule has 2 aromatic rings. The molecule has 0 radical (unpaired) electrons. The normalized spacial score (nSPS) is 12.6. The number of aromatic nitrogens is 3. The van der Waals surface area contributed by atoms with Gasteiger partial charge in [0, 0.05) is 19.5 Å². The van der Waals surface area contributed by atoms with Crippen LogP contribution in [0.2, 0.25) is 0 Å². The summed E-state index contributed by atoms with van der Waals surface area (Å²) in [4.78, 5) is 4.33. The molecule has 0 saturated carbocycles. The molecule has 1 unspecified atom stereocenters. The molecule has 0 fully saturated rings. The lowest BCUT2D eigenvalue weighted by Gasteiger charge is -2.21. The van der Waals surface area contributed by atoms with Gasteiger partial charge in [-0.2, -0.15) is 5.10 Å². The largest absolute Gasteiger partial charge is 0.310 e. The highest BCUT2D eigenvalue weighted by atomic mass is 15.3. The molecule has 0 amide bonds. The fourth-order valence-electron chi connectivity index (χ4n) is 2.38. The van der Waals surface area contributed by atoms with Crippen LogP contribution in [0.3, 0.4) is 0 Å². The molecule has 4 heteroatoms. The monoisotopic (exact) mass is 258 g/mol. The molecule has 1 N–H and O–H groups in total. The summed E-state index contributed by atoms with van der Waals surface area (Å²) in [6.45, 7) is 7.42.